The van der Waals surface area contributed by atoms with E-state index in [-0.39, 0.29) is 11.5 Å². The lowest BCUT2D eigenvalue weighted by molar-refractivity contribution is -0.157. The van der Waals surface area contributed by atoms with Gasteiger partial charge in [-0.05, 0) is 43.4 Å². The van der Waals surface area contributed by atoms with Gasteiger partial charge in [0.2, 0.25) is 0 Å². The number of carbonyl (C=O) groups excluding carboxylic acids is 1. The molecule has 24 heavy (non-hydrogen) atoms. The predicted molar refractivity (Wildman–Crippen MR) is 91.7 cm³/mol. The number of piperidine rings is 1. The Labute approximate surface area is 142 Å². The molecule has 0 spiro atoms. The third-order valence-corrected chi connectivity index (χ3v) is 5.33. The number of fused-ring (bicyclic) bond motifs is 1. The molecule has 0 atom stereocenters. The van der Waals surface area contributed by atoms with Crippen molar-refractivity contribution in [3.8, 4) is 0 Å². The molecule has 1 amide bonds. The van der Waals surface area contributed by atoms with Crippen LogP contribution in [-0.2, 0) is 24.8 Å². The Morgan fingerprint density at radius 2 is 1.96 bits per heavy atom. The van der Waals surface area contributed by atoms with Crippen LogP contribution >= 0.6 is 0 Å². The molecule has 0 bridgehead atoms. The third kappa shape index (κ3) is 3.26. The van der Waals surface area contributed by atoms with Gasteiger partial charge in [-0.15, -0.1) is 0 Å². The minimum absolute atomic E-state index is 0.0181. The molecule has 0 saturated carbocycles. The summed E-state index contributed by atoms with van der Waals surface area (Å²) in [5, 5.41) is 10.9. The van der Waals surface area contributed by atoms with E-state index in [9.17, 15) is 14.7 Å². The minimum atomic E-state index is -1.23. The highest BCUT2D eigenvalue weighted by Gasteiger charge is 2.42. The van der Waals surface area contributed by atoms with Crippen LogP contribution in [0.25, 0.3) is 0 Å². The highest BCUT2D eigenvalue weighted by molar-refractivity contribution is 5.85. The van der Waals surface area contributed by atoms with Crippen LogP contribution in [0, 0.1) is 0 Å². The first kappa shape index (κ1) is 17.2. The predicted octanol–water partition coefficient (Wildman–Crippen LogP) is 0.507. The summed E-state index contributed by atoms with van der Waals surface area (Å²) in [6, 6.07) is 1.66. The van der Waals surface area contributed by atoms with Gasteiger partial charge in [0, 0.05) is 45.5 Å². The molecule has 6 heteroatoms. The molecule has 1 aromatic heterocycles. The first-order chi connectivity index (χ1) is 11.4. The van der Waals surface area contributed by atoms with Gasteiger partial charge in [0.15, 0.2) is 0 Å². The Hall–Kier alpha value is -1.66. The molecule has 3 heterocycles. The van der Waals surface area contributed by atoms with Crippen LogP contribution in [0.2, 0.25) is 0 Å². The smallest absolute Gasteiger partial charge is 0.254 e. The van der Waals surface area contributed by atoms with Gasteiger partial charge in [0.05, 0.1) is 0 Å². The fraction of sp³-hybridized carbons (Fsp3) is 0.667. The number of hydrogen-bond donors (Lipinski definition) is 1. The Kier molecular flexibility index (Phi) is 4.78. The van der Waals surface area contributed by atoms with Gasteiger partial charge in [-0.3, -0.25) is 9.59 Å². The molecule has 6 nitrogen and oxygen atoms in total. The topological polar surface area (TPSA) is 65.8 Å². The molecule has 1 aromatic rings. The monoisotopic (exact) mass is 333 g/mol. The van der Waals surface area contributed by atoms with Gasteiger partial charge in [-0.25, -0.2) is 0 Å². The number of aromatic nitrogens is 1. The van der Waals surface area contributed by atoms with Crippen LogP contribution in [0.1, 0.15) is 37.3 Å². The van der Waals surface area contributed by atoms with E-state index in [1.807, 2.05) is 6.20 Å². The zero-order chi connectivity index (χ0) is 17.3. The maximum Gasteiger partial charge on any atom is 0.254 e. The summed E-state index contributed by atoms with van der Waals surface area (Å²) in [5.74, 6) is -0.154. The summed E-state index contributed by atoms with van der Waals surface area (Å²) >= 11 is 0. The quantitative estimate of drug-likeness (QED) is 0.875. The molecule has 1 N–H and O–H groups in total. The fourth-order valence-electron chi connectivity index (χ4n) is 3.78. The largest absolute Gasteiger partial charge is 0.380 e. The van der Waals surface area contributed by atoms with Crippen molar-refractivity contribution < 1.29 is 9.90 Å². The van der Waals surface area contributed by atoms with Crippen molar-refractivity contribution in [3.05, 3.63) is 33.7 Å². The van der Waals surface area contributed by atoms with Crippen molar-refractivity contribution in [2.75, 3.05) is 26.2 Å². The third-order valence-electron chi connectivity index (χ3n) is 5.33. The maximum absolute atomic E-state index is 12.9. The summed E-state index contributed by atoms with van der Waals surface area (Å²) in [7, 11) is 1.72. The van der Waals surface area contributed by atoms with Crippen molar-refractivity contribution in [2.45, 2.75) is 44.8 Å². The summed E-state index contributed by atoms with van der Waals surface area (Å²) in [6.07, 6.45) is 4.58. The second kappa shape index (κ2) is 6.69. The van der Waals surface area contributed by atoms with Crippen LogP contribution in [0.15, 0.2) is 17.1 Å². The average molecular weight is 333 g/mol. The number of aryl methyl sites for hydroxylation is 1. The molecular formula is C18H27N3O3. The van der Waals surface area contributed by atoms with Crippen LogP contribution < -0.4 is 5.56 Å². The van der Waals surface area contributed by atoms with E-state index in [0.717, 1.165) is 37.2 Å². The number of aliphatic hydroxyl groups is 1. The van der Waals surface area contributed by atoms with E-state index >= 15 is 0 Å². The molecule has 0 aliphatic carbocycles. The number of hydrogen-bond acceptors (Lipinski definition) is 4. The van der Waals surface area contributed by atoms with Crippen LogP contribution in [0.3, 0.4) is 0 Å². The summed E-state index contributed by atoms with van der Waals surface area (Å²) in [4.78, 5) is 28.7. The normalized spacial score (nSPS) is 20.7. The van der Waals surface area contributed by atoms with Gasteiger partial charge in [-0.2, -0.15) is 0 Å². The van der Waals surface area contributed by atoms with Gasteiger partial charge in [0.25, 0.3) is 11.5 Å². The van der Waals surface area contributed by atoms with E-state index < -0.39 is 5.60 Å². The second-order valence-electron chi connectivity index (χ2n) is 7.12. The molecule has 0 aromatic carbocycles. The highest BCUT2D eigenvalue weighted by Crippen LogP contribution is 2.27. The molecule has 2 aliphatic rings. The van der Waals surface area contributed by atoms with E-state index in [1.165, 1.54) is 0 Å². The maximum atomic E-state index is 12.9. The average Bonchev–Trinajstić information content (AvgIpc) is 2.57. The molecular weight excluding hydrogens is 306 g/mol. The van der Waals surface area contributed by atoms with Crippen molar-refractivity contribution in [2.24, 2.45) is 7.05 Å². The van der Waals surface area contributed by atoms with Gasteiger partial charge < -0.3 is 19.5 Å². The molecule has 0 unspecified atom stereocenters. The highest BCUT2D eigenvalue weighted by atomic mass is 16.3. The number of nitrogens with zero attached hydrogens (tertiary/aromatic N) is 3. The van der Waals surface area contributed by atoms with E-state index in [0.29, 0.717) is 32.4 Å². The van der Waals surface area contributed by atoms with Gasteiger partial charge >= 0.3 is 0 Å². The zero-order valence-electron chi connectivity index (χ0n) is 14.6. The van der Waals surface area contributed by atoms with E-state index in [1.54, 1.807) is 22.6 Å². The summed E-state index contributed by atoms with van der Waals surface area (Å²) in [6.45, 7) is 5.76. The first-order valence-corrected chi connectivity index (χ1v) is 8.85. The van der Waals surface area contributed by atoms with Crippen LogP contribution in [0.4, 0.5) is 0 Å². The van der Waals surface area contributed by atoms with Gasteiger partial charge in [-0.1, -0.05) is 6.92 Å². The van der Waals surface area contributed by atoms with E-state index in [4.69, 9.17) is 0 Å². The standard InChI is InChI=1S/C18H27N3O3/c1-3-7-20-9-5-18(24,6-10-20)17(23)21-8-4-14-11-16(22)19(2)12-15(14)13-21/h11-12,24H,3-10,13H2,1-2H3. The van der Waals surface area contributed by atoms with Crippen molar-refractivity contribution in [1.82, 2.24) is 14.4 Å². The number of amides is 1. The lowest BCUT2D eigenvalue weighted by Gasteiger charge is -2.41. The fourth-order valence-corrected chi connectivity index (χ4v) is 3.78. The first-order valence-electron chi connectivity index (χ1n) is 8.85. The Balaban J connectivity index is 1.70. The minimum Gasteiger partial charge on any atom is -0.380 e. The molecule has 0 radical (unpaired) electrons. The SMILES string of the molecule is CCCN1CCC(O)(C(=O)N2CCc3cc(=O)n(C)cc3C2)CC1. The number of likely N-dealkylation sites (tertiary alicyclic amines) is 1. The van der Waals surface area contributed by atoms with Crippen LogP contribution in [-0.4, -0.2) is 57.2 Å². The number of carbonyl (C=O) groups is 1. The van der Waals surface area contributed by atoms with E-state index in [2.05, 4.69) is 11.8 Å². The van der Waals surface area contributed by atoms with Gasteiger partial charge in [0.1, 0.15) is 5.60 Å². The van der Waals surface area contributed by atoms with Crippen molar-refractivity contribution in [3.63, 3.8) is 0 Å². The Morgan fingerprint density at radius 3 is 2.62 bits per heavy atom. The number of rotatable bonds is 3. The molecule has 132 valence electrons. The van der Waals surface area contributed by atoms with Crippen molar-refractivity contribution in [1.29, 1.82) is 0 Å². The Morgan fingerprint density at radius 1 is 1.25 bits per heavy atom. The van der Waals surface area contributed by atoms with Crippen LogP contribution in [0.5, 0.6) is 0 Å². The second-order valence-corrected chi connectivity index (χ2v) is 7.12. The number of pyridine rings is 1. The lowest BCUT2D eigenvalue weighted by atomic mass is 9.88. The summed E-state index contributed by atoms with van der Waals surface area (Å²) in [5.41, 5.74) is 0.772. The summed E-state index contributed by atoms with van der Waals surface area (Å²) < 4.78 is 1.55. The molecule has 1 fully saturated rings. The Bertz CT molecular complexity index is 675. The molecule has 2 aliphatic heterocycles. The zero-order valence-corrected chi connectivity index (χ0v) is 14.6. The van der Waals surface area contributed by atoms with Crippen molar-refractivity contribution >= 4 is 5.91 Å². The lowest BCUT2D eigenvalue weighted by Crippen LogP contribution is -2.55. The molecule has 3 rings (SSSR count). The molecule has 1 saturated heterocycles.